The Morgan fingerprint density at radius 2 is 2.17 bits per heavy atom. The minimum atomic E-state index is 0.126. The topological polar surface area (TPSA) is 58.4 Å². The number of rotatable bonds is 3. The fraction of sp³-hybridized carbons (Fsp3) is 0.444. The minimum absolute atomic E-state index is 0.126. The van der Waals surface area contributed by atoms with Crippen LogP contribution in [0.4, 0.5) is 0 Å². The maximum atomic E-state index is 11.6. The number of carbonyl (C=O) groups excluding carboxylic acids is 1. The molecule has 0 aliphatic carbocycles. The van der Waals surface area contributed by atoms with Crippen LogP contribution in [-0.4, -0.2) is 35.4 Å². The zero-order valence-electron chi connectivity index (χ0n) is 13.1. The first-order valence-corrected chi connectivity index (χ1v) is 8.21. The van der Waals surface area contributed by atoms with E-state index in [0.29, 0.717) is 12.3 Å². The molecule has 2 saturated heterocycles. The normalized spacial score (nSPS) is 25.0. The first-order chi connectivity index (χ1) is 11.2. The highest BCUT2D eigenvalue weighted by Gasteiger charge is 2.41. The van der Waals surface area contributed by atoms with Gasteiger partial charge in [0.1, 0.15) is 6.26 Å². The molecule has 0 bridgehead atoms. The number of likely N-dealkylation sites (tertiary alicyclic amines) is 1. The SMILES string of the molecule is O=C1CC2(CCCN(Cc3coc(-c4ccccc4)n3)C2)CN1. The third kappa shape index (κ3) is 3.01. The minimum Gasteiger partial charge on any atom is -0.444 e. The fourth-order valence-electron chi connectivity index (χ4n) is 3.81. The molecular weight excluding hydrogens is 290 g/mol. The summed E-state index contributed by atoms with van der Waals surface area (Å²) >= 11 is 0. The molecule has 0 radical (unpaired) electrons. The molecule has 0 saturated carbocycles. The molecule has 1 N–H and O–H groups in total. The smallest absolute Gasteiger partial charge is 0.226 e. The molecule has 4 rings (SSSR count). The van der Waals surface area contributed by atoms with Crippen LogP contribution in [0.15, 0.2) is 41.0 Å². The van der Waals surface area contributed by atoms with Crippen LogP contribution in [-0.2, 0) is 11.3 Å². The van der Waals surface area contributed by atoms with E-state index in [1.807, 2.05) is 30.3 Å². The van der Waals surface area contributed by atoms with Gasteiger partial charge in [0, 0.05) is 37.0 Å². The third-order valence-corrected chi connectivity index (χ3v) is 4.89. The standard InChI is InChI=1S/C18H21N3O2/c22-16-9-18(12-19-16)7-4-8-21(13-18)10-15-11-23-17(20-15)14-5-2-1-3-6-14/h1-3,5-6,11H,4,7-10,12-13H2,(H,19,22). The lowest BCUT2D eigenvalue weighted by Gasteiger charge is -2.38. The van der Waals surface area contributed by atoms with Crippen molar-refractivity contribution in [1.29, 1.82) is 0 Å². The van der Waals surface area contributed by atoms with Gasteiger partial charge in [-0.1, -0.05) is 18.2 Å². The lowest BCUT2D eigenvalue weighted by atomic mass is 9.79. The molecule has 1 spiro atoms. The molecule has 23 heavy (non-hydrogen) atoms. The van der Waals surface area contributed by atoms with Gasteiger partial charge in [0.2, 0.25) is 11.8 Å². The van der Waals surface area contributed by atoms with Gasteiger partial charge in [0.15, 0.2) is 0 Å². The molecule has 5 heteroatoms. The Bertz CT molecular complexity index is 697. The van der Waals surface area contributed by atoms with Gasteiger partial charge in [-0.2, -0.15) is 0 Å². The number of hydrogen-bond donors (Lipinski definition) is 1. The molecule has 2 aliphatic heterocycles. The Morgan fingerprint density at radius 3 is 2.96 bits per heavy atom. The molecule has 5 nitrogen and oxygen atoms in total. The maximum Gasteiger partial charge on any atom is 0.226 e. The molecule has 1 aromatic heterocycles. The molecule has 2 aromatic rings. The Balaban J connectivity index is 1.44. The van der Waals surface area contributed by atoms with E-state index in [9.17, 15) is 4.79 Å². The lowest BCUT2D eigenvalue weighted by molar-refractivity contribution is -0.119. The van der Waals surface area contributed by atoms with Crippen molar-refractivity contribution in [3.8, 4) is 11.5 Å². The molecule has 120 valence electrons. The number of oxazole rings is 1. The van der Waals surface area contributed by atoms with Crippen LogP contribution in [0.1, 0.15) is 25.0 Å². The number of amides is 1. The molecule has 1 aromatic carbocycles. The number of nitrogens with zero attached hydrogens (tertiary/aromatic N) is 2. The first kappa shape index (κ1) is 14.5. The zero-order chi connectivity index (χ0) is 15.7. The monoisotopic (exact) mass is 311 g/mol. The van der Waals surface area contributed by atoms with Gasteiger partial charge in [-0.3, -0.25) is 9.69 Å². The highest BCUT2D eigenvalue weighted by atomic mass is 16.3. The summed E-state index contributed by atoms with van der Waals surface area (Å²) in [6.45, 7) is 3.62. The summed E-state index contributed by atoms with van der Waals surface area (Å²) in [7, 11) is 0. The van der Waals surface area contributed by atoms with Crippen molar-refractivity contribution in [2.45, 2.75) is 25.8 Å². The molecule has 2 fully saturated rings. The summed E-state index contributed by atoms with van der Waals surface area (Å²) in [4.78, 5) is 18.6. The van der Waals surface area contributed by atoms with Crippen LogP contribution in [0.5, 0.6) is 0 Å². The number of piperidine rings is 1. The van der Waals surface area contributed by atoms with Gasteiger partial charge in [-0.15, -0.1) is 0 Å². The van der Waals surface area contributed by atoms with Gasteiger partial charge in [0.05, 0.1) is 5.69 Å². The third-order valence-electron chi connectivity index (χ3n) is 4.89. The van der Waals surface area contributed by atoms with E-state index in [0.717, 1.165) is 50.3 Å². The van der Waals surface area contributed by atoms with Gasteiger partial charge in [-0.25, -0.2) is 4.98 Å². The molecule has 1 unspecified atom stereocenters. The number of nitrogens with one attached hydrogen (secondary N) is 1. The van der Waals surface area contributed by atoms with Crippen LogP contribution in [0.25, 0.3) is 11.5 Å². The van der Waals surface area contributed by atoms with Crippen molar-refractivity contribution >= 4 is 5.91 Å². The van der Waals surface area contributed by atoms with Crippen molar-refractivity contribution in [2.24, 2.45) is 5.41 Å². The lowest BCUT2D eigenvalue weighted by Crippen LogP contribution is -2.44. The Morgan fingerprint density at radius 1 is 1.30 bits per heavy atom. The second-order valence-electron chi connectivity index (χ2n) is 6.78. The fourth-order valence-corrected chi connectivity index (χ4v) is 3.81. The largest absolute Gasteiger partial charge is 0.444 e. The number of hydrogen-bond acceptors (Lipinski definition) is 4. The predicted molar refractivity (Wildman–Crippen MR) is 86.5 cm³/mol. The molecular formula is C18H21N3O2. The van der Waals surface area contributed by atoms with Crippen molar-refractivity contribution in [3.05, 3.63) is 42.3 Å². The highest BCUT2D eigenvalue weighted by molar-refractivity contribution is 5.79. The van der Waals surface area contributed by atoms with Gasteiger partial charge in [0.25, 0.3) is 0 Å². The number of benzene rings is 1. The summed E-state index contributed by atoms with van der Waals surface area (Å²) in [5, 5.41) is 2.99. The average molecular weight is 311 g/mol. The second kappa shape index (κ2) is 5.81. The Labute approximate surface area is 135 Å². The summed E-state index contributed by atoms with van der Waals surface area (Å²) in [5.74, 6) is 0.865. The summed E-state index contributed by atoms with van der Waals surface area (Å²) in [6, 6.07) is 9.95. The highest BCUT2D eigenvalue weighted by Crippen LogP contribution is 2.36. The van der Waals surface area contributed by atoms with Gasteiger partial charge in [-0.05, 0) is 31.5 Å². The average Bonchev–Trinajstić information content (AvgIpc) is 3.16. The Kier molecular flexibility index (Phi) is 3.65. The van der Waals surface area contributed by atoms with E-state index in [-0.39, 0.29) is 11.3 Å². The Hall–Kier alpha value is -2.14. The van der Waals surface area contributed by atoms with Crippen LogP contribution < -0.4 is 5.32 Å². The van der Waals surface area contributed by atoms with E-state index in [1.165, 1.54) is 0 Å². The molecule has 2 aliphatic rings. The van der Waals surface area contributed by atoms with Crippen molar-refractivity contribution in [1.82, 2.24) is 15.2 Å². The maximum absolute atomic E-state index is 11.6. The van der Waals surface area contributed by atoms with Crippen LogP contribution >= 0.6 is 0 Å². The second-order valence-corrected chi connectivity index (χ2v) is 6.78. The van der Waals surface area contributed by atoms with E-state index >= 15 is 0 Å². The van der Waals surface area contributed by atoms with Crippen LogP contribution in [0, 0.1) is 5.41 Å². The van der Waals surface area contributed by atoms with E-state index in [4.69, 9.17) is 4.42 Å². The van der Waals surface area contributed by atoms with E-state index < -0.39 is 0 Å². The summed E-state index contributed by atoms with van der Waals surface area (Å²) < 4.78 is 5.62. The summed E-state index contributed by atoms with van der Waals surface area (Å²) in [6.07, 6.45) is 4.69. The van der Waals surface area contributed by atoms with Crippen molar-refractivity contribution in [2.75, 3.05) is 19.6 Å². The zero-order valence-corrected chi connectivity index (χ0v) is 13.1. The van der Waals surface area contributed by atoms with Crippen molar-refractivity contribution in [3.63, 3.8) is 0 Å². The summed E-state index contributed by atoms with van der Waals surface area (Å²) in [5.41, 5.74) is 2.08. The predicted octanol–water partition coefficient (Wildman–Crippen LogP) is 2.44. The van der Waals surface area contributed by atoms with Crippen LogP contribution in [0.2, 0.25) is 0 Å². The quantitative estimate of drug-likeness (QED) is 0.946. The molecule has 1 atom stereocenters. The number of aromatic nitrogens is 1. The van der Waals surface area contributed by atoms with Gasteiger partial charge < -0.3 is 9.73 Å². The first-order valence-electron chi connectivity index (χ1n) is 8.21. The van der Waals surface area contributed by atoms with E-state index in [2.05, 4.69) is 15.2 Å². The molecule has 3 heterocycles. The van der Waals surface area contributed by atoms with Crippen molar-refractivity contribution < 1.29 is 9.21 Å². The van der Waals surface area contributed by atoms with Crippen LogP contribution in [0.3, 0.4) is 0 Å². The number of carbonyl (C=O) groups is 1. The van der Waals surface area contributed by atoms with E-state index in [1.54, 1.807) is 6.26 Å². The van der Waals surface area contributed by atoms with Gasteiger partial charge >= 0.3 is 0 Å². The molecule has 1 amide bonds.